The van der Waals surface area contributed by atoms with Gasteiger partial charge in [0.05, 0.1) is 6.07 Å². The molecule has 2 aliphatic heterocycles. The van der Waals surface area contributed by atoms with E-state index in [0.29, 0.717) is 30.5 Å². The van der Waals surface area contributed by atoms with Crippen LogP contribution in [0, 0.1) is 18.3 Å². The van der Waals surface area contributed by atoms with Gasteiger partial charge in [-0.3, -0.25) is 10.00 Å². The topological polar surface area (TPSA) is 110 Å². The Morgan fingerprint density at radius 2 is 2.14 bits per heavy atom. The molecule has 29 heavy (non-hydrogen) atoms. The summed E-state index contributed by atoms with van der Waals surface area (Å²) in [5.74, 6) is 2.21. The lowest BCUT2D eigenvalue weighted by Crippen LogP contribution is -2.47. The summed E-state index contributed by atoms with van der Waals surface area (Å²) < 4.78 is 1.81. The molecule has 3 aromatic rings. The van der Waals surface area contributed by atoms with Gasteiger partial charge in [0.25, 0.3) is 0 Å². The maximum atomic E-state index is 8.93. The van der Waals surface area contributed by atoms with E-state index >= 15 is 0 Å². The Hall–Kier alpha value is -3.12. The SMILES string of the molecule is Cc1cc(Nc2nc(NC3CC4CC[C@@H](C3)N4CCC#N)c3cccnn23)n[nH]1. The lowest BCUT2D eigenvalue weighted by molar-refractivity contribution is 0.136. The number of piperidine rings is 1. The summed E-state index contributed by atoms with van der Waals surface area (Å²) in [6, 6.07) is 9.69. The molecule has 0 spiro atoms. The van der Waals surface area contributed by atoms with Crippen LogP contribution >= 0.6 is 0 Å². The van der Waals surface area contributed by atoms with Crippen molar-refractivity contribution in [2.24, 2.45) is 0 Å². The van der Waals surface area contributed by atoms with Crippen molar-refractivity contribution in [2.45, 2.75) is 57.2 Å². The Morgan fingerprint density at radius 3 is 2.86 bits per heavy atom. The molecule has 3 N–H and O–H groups in total. The number of nitriles is 1. The molecule has 3 aromatic heterocycles. The third-order valence-corrected chi connectivity index (χ3v) is 6.06. The lowest BCUT2D eigenvalue weighted by atomic mass is 9.97. The number of H-pyrrole nitrogens is 1. The van der Waals surface area contributed by atoms with E-state index in [1.807, 2.05) is 29.6 Å². The van der Waals surface area contributed by atoms with Crippen LogP contribution in [-0.4, -0.2) is 54.4 Å². The van der Waals surface area contributed by atoms with Crippen molar-refractivity contribution in [3.63, 3.8) is 0 Å². The number of rotatable bonds is 6. The number of imidazole rings is 1. The molecule has 0 aliphatic carbocycles. The standard InChI is InChI=1S/C20H25N9/c1-13-10-18(27-26-13)24-20-25-19(17-4-2-8-22-29(17)20)23-14-11-15-5-6-16(12-14)28(15)9-3-7-21/h2,4,8,10,14-16,23H,3,5-6,9,11-12H2,1H3,(H2,24,25,26,27)/t14?,15-,16?/m0/s1. The Bertz CT molecular complexity index is 1030. The van der Waals surface area contributed by atoms with Gasteiger partial charge in [0.2, 0.25) is 5.95 Å². The minimum absolute atomic E-state index is 0.380. The molecule has 150 valence electrons. The Kier molecular flexibility index (Phi) is 4.56. The fraction of sp³-hybridized carbons (Fsp3) is 0.500. The first-order valence-corrected chi connectivity index (χ1v) is 10.2. The van der Waals surface area contributed by atoms with Crippen LogP contribution in [0.1, 0.15) is 37.8 Å². The number of nitrogens with zero attached hydrogens (tertiary/aromatic N) is 6. The van der Waals surface area contributed by atoms with Gasteiger partial charge >= 0.3 is 0 Å². The summed E-state index contributed by atoms with van der Waals surface area (Å²) in [5, 5.41) is 27.5. The molecule has 0 amide bonds. The number of fused-ring (bicyclic) bond motifs is 3. The van der Waals surface area contributed by atoms with E-state index in [0.717, 1.165) is 42.2 Å². The number of aromatic nitrogens is 5. The third-order valence-electron chi connectivity index (χ3n) is 6.06. The van der Waals surface area contributed by atoms with E-state index < -0.39 is 0 Å². The fourth-order valence-electron chi connectivity index (χ4n) is 4.84. The fourth-order valence-corrected chi connectivity index (χ4v) is 4.84. The molecule has 0 aromatic carbocycles. The molecule has 2 saturated heterocycles. The molecule has 2 bridgehead atoms. The van der Waals surface area contributed by atoms with Gasteiger partial charge in [-0.2, -0.15) is 25.0 Å². The molecule has 5 rings (SSSR count). The van der Waals surface area contributed by atoms with Crippen LogP contribution in [0.5, 0.6) is 0 Å². The number of hydrogen-bond acceptors (Lipinski definition) is 7. The average Bonchev–Trinajstić information content (AvgIpc) is 3.35. The van der Waals surface area contributed by atoms with Crippen molar-refractivity contribution in [1.82, 2.24) is 29.7 Å². The number of aryl methyl sites for hydroxylation is 1. The number of anilines is 3. The van der Waals surface area contributed by atoms with Crippen molar-refractivity contribution in [2.75, 3.05) is 17.2 Å². The Labute approximate surface area is 169 Å². The van der Waals surface area contributed by atoms with Gasteiger partial charge in [0, 0.05) is 49.0 Å². The molecule has 3 atom stereocenters. The highest BCUT2D eigenvalue weighted by molar-refractivity contribution is 5.73. The van der Waals surface area contributed by atoms with Gasteiger partial charge < -0.3 is 10.6 Å². The minimum Gasteiger partial charge on any atom is -0.365 e. The van der Waals surface area contributed by atoms with Gasteiger partial charge in [-0.15, -0.1) is 0 Å². The lowest BCUT2D eigenvalue weighted by Gasteiger charge is -2.38. The van der Waals surface area contributed by atoms with Gasteiger partial charge in [-0.05, 0) is 44.7 Å². The van der Waals surface area contributed by atoms with Crippen molar-refractivity contribution in [3.8, 4) is 6.07 Å². The summed E-state index contributed by atoms with van der Waals surface area (Å²) in [5.41, 5.74) is 1.93. The maximum absolute atomic E-state index is 8.93. The van der Waals surface area contributed by atoms with E-state index in [-0.39, 0.29) is 0 Å². The molecule has 5 heterocycles. The second-order valence-electron chi connectivity index (χ2n) is 8.01. The van der Waals surface area contributed by atoms with E-state index in [2.05, 4.69) is 36.9 Å². The molecule has 2 unspecified atom stereocenters. The van der Waals surface area contributed by atoms with Crippen molar-refractivity contribution >= 4 is 23.1 Å². The average molecular weight is 391 g/mol. The van der Waals surface area contributed by atoms with Crippen LogP contribution in [0.25, 0.3) is 5.52 Å². The van der Waals surface area contributed by atoms with Crippen LogP contribution < -0.4 is 10.6 Å². The highest BCUT2D eigenvalue weighted by Gasteiger charge is 2.40. The second-order valence-corrected chi connectivity index (χ2v) is 8.01. The minimum atomic E-state index is 0.380. The first-order chi connectivity index (χ1) is 14.2. The highest BCUT2D eigenvalue weighted by atomic mass is 15.4. The third kappa shape index (κ3) is 3.40. The molecular formula is C20H25N9. The zero-order valence-corrected chi connectivity index (χ0v) is 16.5. The number of nitrogens with one attached hydrogen (secondary N) is 3. The predicted molar refractivity (Wildman–Crippen MR) is 110 cm³/mol. The summed E-state index contributed by atoms with van der Waals surface area (Å²) in [6.07, 6.45) is 7.00. The van der Waals surface area contributed by atoms with Gasteiger partial charge in [-0.1, -0.05) is 0 Å². The zero-order valence-electron chi connectivity index (χ0n) is 16.5. The highest BCUT2D eigenvalue weighted by Crippen LogP contribution is 2.37. The summed E-state index contributed by atoms with van der Waals surface area (Å²) >= 11 is 0. The molecule has 0 saturated carbocycles. The smallest absolute Gasteiger partial charge is 0.232 e. The molecule has 0 radical (unpaired) electrons. The zero-order chi connectivity index (χ0) is 19.8. The predicted octanol–water partition coefficient (Wildman–Crippen LogP) is 2.83. The van der Waals surface area contributed by atoms with Crippen LogP contribution in [0.4, 0.5) is 17.6 Å². The molecule has 9 heteroatoms. The number of aromatic amines is 1. The second kappa shape index (κ2) is 7.37. The monoisotopic (exact) mass is 391 g/mol. The summed E-state index contributed by atoms with van der Waals surface area (Å²) in [6.45, 7) is 2.86. The molecule has 2 aliphatic rings. The van der Waals surface area contributed by atoms with Crippen LogP contribution in [0.15, 0.2) is 24.4 Å². The van der Waals surface area contributed by atoms with Crippen molar-refractivity contribution < 1.29 is 0 Å². The van der Waals surface area contributed by atoms with E-state index in [4.69, 9.17) is 10.2 Å². The molecule has 2 fully saturated rings. The Morgan fingerprint density at radius 1 is 1.31 bits per heavy atom. The largest absolute Gasteiger partial charge is 0.365 e. The van der Waals surface area contributed by atoms with Gasteiger partial charge in [-0.25, -0.2) is 0 Å². The summed E-state index contributed by atoms with van der Waals surface area (Å²) in [4.78, 5) is 7.34. The van der Waals surface area contributed by atoms with Gasteiger partial charge in [0.1, 0.15) is 5.52 Å². The van der Waals surface area contributed by atoms with Crippen LogP contribution in [0.2, 0.25) is 0 Å². The quantitative estimate of drug-likeness (QED) is 0.593. The first kappa shape index (κ1) is 17.9. The van der Waals surface area contributed by atoms with Crippen LogP contribution in [-0.2, 0) is 0 Å². The van der Waals surface area contributed by atoms with Crippen molar-refractivity contribution in [3.05, 3.63) is 30.1 Å². The normalized spacial score (nSPS) is 23.9. The van der Waals surface area contributed by atoms with E-state index in [9.17, 15) is 0 Å². The van der Waals surface area contributed by atoms with Gasteiger partial charge in [0.15, 0.2) is 11.6 Å². The molecule has 9 nitrogen and oxygen atoms in total. The Balaban J connectivity index is 1.36. The maximum Gasteiger partial charge on any atom is 0.232 e. The number of hydrogen-bond donors (Lipinski definition) is 3. The molecular weight excluding hydrogens is 366 g/mol. The van der Waals surface area contributed by atoms with Crippen LogP contribution in [0.3, 0.4) is 0 Å². The van der Waals surface area contributed by atoms with Crippen molar-refractivity contribution in [1.29, 1.82) is 5.26 Å². The summed E-state index contributed by atoms with van der Waals surface area (Å²) in [7, 11) is 0. The van der Waals surface area contributed by atoms with E-state index in [1.165, 1.54) is 12.8 Å². The van der Waals surface area contributed by atoms with E-state index in [1.54, 1.807) is 6.20 Å². The first-order valence-electron chi connectivity index (χ1n) is 10.2.